The lowest BCUT2D eigenvalue weighted by atomic mass is 10.0. The Morgan fingerprint density at radius 2 is 1.71 bits per heavy atom. The fraction of sp³-hybridized carbons (Fsp3) is 0.0526. The molecule has 0 saturated heterocycles. The van der Waals surface area contributed by atoms with Crippen molar-refractivity contribution < 1.29 is 26.0 Å². The zero-order chi connectivity index (χ0) is 22.4. The molecule has 0 unspecified atom stereocenters. The van der Waals surface area contributed by atoms with Crippen molar-refractivity contribution in [2.24, 2.45) is 5.14 Å². The Morgan fingerprint density at radius 3 is 2.29 bits per heavy atom. The second-order valence-electron chi connectivity index (χ2n) is 6.53. The van der Waals surface area contributed by atoms with Crippen LogP contribution in [0.2, 0.25) is 0 Å². The van der Waals surface area contributed by atoms with E-state index in [9.17, 15) is 26.0 Å². The molecule has 0 bridgehead atoms. The summed E-state index contributed by atoms with van der Waals surface area (Å²) in [7, 11) is -4.00. The number of halogens is 4. The van der Waals surface area contributed by atoms with Crippen LogP contribution in [0.3, 0.4) is 0 Å². The van der Waals surface area contributed by atoms with Gasteiger partial charge in [0.1, 0.15) is 5.82 Å². The van der Waals surface area contributed by atoms with Gasteiger partial charge in [-0.1, -0.05) is 0 Å². The van der Waals surface area contributed by atoms with E-state index in [-0.39, 0.29) is 21.8 Å². The molecule has 3 N–H and O–H groups in total. The van der Waals surface area contributed by atoms with Crippen molar-refractivity contribution in [1.29, 1.82) is 0 Å². The van der Waals surface area contributed by atoms with E-state index >= 15 is 0 Å². The Kier molecular flexibility index (Phi) is 4.90. The van der Waals surface area contributed by atoms with E-state index in [1.807, 2.05) is 0 Å². The molecule has 160 valence electrons. The van der Waals surface area contributed by atoms with Crippen LogP contribution < -0.4 is 5.14 Å². The predicted octanol–water partition coefficient (Wildman–Crippen LogP) is 3.73. The third kappa shape index (κ3) is 4.07. The smallest absolute Gasteiger partial charge is 0.278 e. The monoisotopic (exact) mass is 451 g/mol. The number of aromatic amines is 1. The van der Waals surface area contributed by atoms with Crippen LogP contribution in [-0.4, -0.2) is 28.4 Å². The fourth-order valence-electron chi connectivity index (χ4n) is 2.99. The first-order valence-corrected chi connectivity index (χ1v) is 10.2. The lowest BCUT2D eigenvalue weighted by molar-refractivity contribution is -0.141. The number of hydrogen-bond donors (Lipinski definition) is 2. The second-order valence-corrected chi connectivity index (χ2v) is 8.09. The van der Waals surface area contributed by atoms with Gasteiger partial charge in [0, 0.05) is 17.3 Å². The molecule has 2 aromatic carbocycles. The van der Waals surface area contributed by atoms with Crippen LogP contribution in [0, 0.1) is 5.82 Å². The third-order valence-electron chi connectivity index (χ3n) is 4.46. The third-order valence-corrected chi connectivity index (χ3v) is 5.39. The van der Waals surface area contributed by atoms with E-state index in [0.29, 0.717) is 11.3 Å². The molecule has 2 aromatic heterocycles. The molecule has 0 spiro atoms. The van der Waals surface area contributed by atoms with E-state index in [2.05, 4.69) is 15.3 Å². The second kappa shape index (κ2) is 7.32. The highest BCUT2D eigenvalue weighted by molar-refractivity contribution is 7.89. The summed E-state index contributed by atoms with van der Waals surface area (Å²) >= 11 is 0. The average molecular weight is 451 g/mol. The zero-order valence-corrected chi connectivity index (χ0v) is 16.2. The maximum atomic E-state index is 14.7. The molecule has 0 aliphatic carbocycles. The topological polar surface area (TPSA) is 107 Å². The summed E-state index contributed by atoms with van der Waals surface area (Å²) in [6.45, 7) is 0. The first kappa shape index (κ1) is 20.8. The van der Waals surface area contributed by atoms with Crippen molar-refractivity contribution in [1.82, 2.24) is 20.0 Å². The number of nitrogens with zero attached hydrogens (tertiary/aromatic N) is 3. The minimum absolute atomic E-state index is 0.0873. The van der Waals surface area contributed by atoms with Gasteiger partial charge in [-0.3, -0.25) is 5.10 Å². The van der Waals surface area contributed by atoms with Gasteiger partial charge in [-0.25, -0.2) is 22.6 Å². The van der Waals surface area contributed by atoms with Gasteiger partial charge in [0.15, 0.2) is 5.69 Å². The average Bonchev–Trinajstić information content (AvgIpc) is 3.38. The van der Waals surface area contributed by atoms with Crippen molar-refractivity contribution in [2.45, 2.75) is 11.1 Å². The molecule has 0 aliphatic rings. The number of alkyl halides is 3. The molecule has 0 aliphatic heterocycles. The van der Waals surface area contributed by atoms with Gasteiger partial charge in [0.25, 0.3) is 0 Å². The highest BCUT2D eigenvalue weighted by Gasteiger charge is 2.35. The summed E-state index contributed by atoms with van der Waals surface area (Å²) in [5, 5.41) is 15.1. The van der Waals surface area contributed by atoms with Gasteiger partial charge in [-0.2, -0.15) is 23.4 Å². The highest BCUT2D eigenvalue weighted by atomic mass is 32.2. The van der Waals surface area contributed by atoms with E-state index in [1.54, 1.807) is 6.07 Å². The number of hydrogen-bond acceptors (Lipinski definition) is 4. The van der Waals surface area contributed by atoms with Crippen LogP contribution in [0.25, 0.3) is 28.2 Å². The molecular weight excluding hydrogens is 438 g/mol. The quantitative estimate of drug-likeness (QED) is 0.461. The lowest BCUT2D eigenvalue weighted by Gasteiger charge is -2.10. The van der Waals surface area contributed by atoms with Crippen LogP contribution in [0.1, 0.15) is 5.69 Å². The summed E-state index contributed by atoms with van der Waals surface area (Å²) in [6.07, 6.45) is -3.30. The fourth-order valence-corrected chi connectivity index (χ4v) is 3.51. The normalized spacial score (nSPS) is 12.3. The van der Waals surface area contributed by atoms with E-state index in [0.717, 1.165) is 28.9 Å². The van der Waals surface area contributed by atoms with Crippen molar-refractivity contribution >= 4 is 10.0 Å². The zero-order valence-electron chi connectivity index (χ0n) is 15.4. The van der Waals surface area contributed by atoms with Crippen LogP contribution in [0.4, 0.5) is 17.6 Å². The Balaban J connectivity index is 1.91. The van der Waals surface area contributed by atoms with Gasteiger partial charge >= 0.3 is 6.18 Å². The summed E-state index contributed by atoms with van der Waals surface area (Å²) in [6, 6.07) is 11.0. The van der Waals surface area contributed by atoms with E-state index in [4.69, 9.17) is 5.14 Å². The standard InChI is InChI=1S/C19H13F4N5O2S/c20-15-6-1-11(16-7-8-25-26-16)9-14(15)17-10-18(19(21,22)23)27-28(17)12-2-4-13(5-3-12)31(24,29)30/h1-10H,(H,25,26)(H2,24,29,30). The van der Waals surface area contributed by atoms with Gasteiger partial charge < -0.3 is 0 Å². The van der Waals surface area contributed by atoms with Gasteiger partial charge in [0.2, 0.25) is 10.0 Å². The first-order valence-electron chi connectivity index (χ1n) is 8.64. The van der Waals surface area contributed by atoms with Crippen molar-refractivity contribution in [3.05, 3.63) is 72.3 Å². The molecule has 7 nitrogen and oxygen atoms in total. The van der Waals surface area contributed by atoms with Crippen LogP contribution in [-0.2, 0) is 16.2 Å². The summed E-state index contributed by atoms with van der Waals surface area (Å²) in [4.78, 5) is -0.228. The predicted molar refractivity (Wildman–Crippen MR) is 103 cm³/mol. The Bertz CT molecular complexity index is 1350. The van der Waals surface area contributed by atoms with Crippen LogP contribution in [0.15, 0.2) is 65.7 Å². The highest BCUT2D eigenvalue weighted by Crippen LogP contribution is 2.35. The SMILES string of the molecule is NS(=O)(=O)c1ccc(-n2nc(C(F)(F)F)cc2-c2cc(-c3ccn[nH]3)ccc2F)cc1. The molecule has 4 aromatic rings. The molecule has 4 rings (SSSR count). The van der Waals surface area contributed by atoms with Crippen molar-refractivity contribution in [3.8, 4) is 28.2 Å². The Hall–Kier alpha value is -3.51. The maximum absolute atomic E-state index is 14.7. The molecule has 0 radical (unpaired) electrons. The van der Waals surface area contributed by atoms with Crippen molar-refractivity contribution in [3.63, 3.8) is 0 Å². The van der Waals surface area contributed by atoms with Crippen LogP contribution in [0.5, 0.6) is 0 Å². The van der Waals surface area contributed by atoms with Crippen molar-refractivity contribution in [2.75, 3.05) is 0 Å². The molecule has 0 saturated carbocycles. The Labute approximate surface area is 173 Å². The number of rotatable bonds is 4. The first-order chi connectivity index (χ1) is 14.5. The number of nitrogens with two attached hydrogens (primary N) is 1. The van der Waals surface area contributed by atoms with E-state index in [1.165, 1.54) is 30.5 Å². The molecule has 31 heavy (non-hydrogen) atoms. The number of nitrogens with one attached hydrogen (secondary N) is 1. The van der Waals surface area contributed by atoms with Gasteiger partial charge in [-0.05, 0) is 54.6 Å². The van der Waals surface area contributed by atoms with Gasteiger partial charge in [0.05, 0.1) is 22.0 Å². The number of primary sulfonamides is 1. The number of aromatic nitrogens is 4. The molecule has 0 fully saturated rings. The molecule has 12 heteroatoms. The minimum atomic E-state index is -4.78. The number of sulfonamides is 1. The molecule has 0 amide bonds. The minimum Gasteiger partial charge on any atom is -0.278 e. The maximum Gasteiger partial charge on any atom is 0.435 e. The number of H-pyrrole nitrogens is 1. The molecule has 0 atom stereocenters. The molecular formula is C19H13F4N5O2S. The van der Waals surface area contributed by atoms with E-state index < -0.39 is 27.7 Å². The van der Waals surface area contributed by atoms with Gasteiger partial charge in [-0.15, -0.1) is 0 Å². The number of benzene rings is 2. The largest absolute Gasteiger partial charge is 0.435 e. The van der Waals surface area contributed by atoms with Crippen LogP contribution >= 0.6 is 0 Å². The summed E-state index contributed by atoms with van der Waals surface area (Å²) < 4.78 is 78.5. The lowest BCUT2D eigenvalue weighted by Crippen LogP contribution is -2.12. The summed E-state index contributed by atoms with van der Waals surface area (Å²) in [5.41, 5.74) is -0.408. The summed E-state index contributed by atoms with van der Waals surface area (Å²) in [5.74, 6) is -0.765. The Morgan fingerprint density at radius 1 is 1.00 bits per heavy atom. The molecule has 2 heterocycles.